The van der Waals surface area contributed by atoms with Crippen LogP contribution in [0.15, 0.2) is 12.1 Å². The van der Waals surface area contributed by atoms with Crippen molar-refractivity contribution in [2.45, 2.75) is 11.5 Å². The van der Waals surface area contributed by atoms with Crippen molar-refractivity contribution in [3.05, 3.63) is 17.7 Å². The third-order valence-electron chi connectivity index (χ3n) is 3.56. The van der Waals surface area contributed by atoms with Gasteiger partial charge in [0.25, 0.3) is 0 Å². The molecule has 2 unspecified atom stereocenters. The van der Waals surface area contributed by atoms with Crippen LogP contribution in [0.4, 0.5) is 0 Å². The van der Waals surface area contributed by atoms with E-state index in [4.69, 9.17) is 19.3 Å². The first kappa shape index (κ1) is 17.7. The maximum absolute atomic E-state index is 12.1. The third-order valence-corrected chi connectivity index (χ3v) is 4.81. The highest BCUT2D eigenvalue weighted by molar-refractivity contribution is 8.00. The number of methoxy groups -OCH3 is 3. The van der Waals surface area contributed by atoms with E-state index in [9.17, 15) is 9.90 Å². The minimum atomic E-state index is -0.970. The highest BCUT2D eigenvalue weighted by Crippen LogP contribution is 2.45. The van der Waals surface area contributed by atoms with Crippen LogP contribution in [0.3, 0.4) is 0 Å². The smallest absolute Gasteiger partial charge is 0.233 e. The van der Waals surface area contributed by atoms with Crippen molar-refractivity contribution in [2.24, 2.45) is 0 Å². The molecule has 0 aromatic heterocycles. The lowest BCUT2D eigenvalue weighted by Gasteiger charge is -2.27. The molecule has 2 atom stereocenters. The maximum Gasteiger partial charge on any atom is 0.233 e. The Kier molecular flexibility index (Phi) is 5.97. The number of hydrogen-bond acceptors (Lipinski definition) is 7. The number of carbonyl (C=O) groups excluding carboxylic acids is 1. The van der Waals surface area contributed by atoms with Crippen LogP contribution in [0, 0.1) is 0 Å². The minimum Gasteiger partial charge on any atom is -0.493 e. The number of amides is 1. The molecule has 2 N–H and O–H groups in total. The fourth-order valence-electron chi connectivity index (χ4n) is 2.46. The van der Waals surface area contributed by atoms with E-state index in [1.165, 1.54) is 33.1 Å². The molecule has 1 aliphatic rings. The molecule has 1 fully saturated rings. The first-order chi connectivity index (χ1) is 11.0. The molecule has 0 aliphatic carbocycles. The molecular weight excluding hydrogens is 322 g/mol. The Bertz CT molecular complexity index is 542. The quantitative estimate of drug-likeness (QED) is 0.751. The number of aliphatic hydroxyl groups is 2. The van der Waals surface area contributed by atoms with Crippen LogP contribution in [0.1, 0.15) is 10.9 Å². The molecule has 0 radical (unpaired) electrons. The summed E-state index contributed by atoms with van der Waals surface area (Å²) in [5, 5.41) is 18.4. The molecule has 8 heteroatoms. The van der Waals surface area contributed by atoms with Gasteiger partial charge in [-0.15, -0.1) is 11.8 Å². The lowest BCUT2D eigenvalue weighted by molar-refractivity contribution is -0.129. The summed E-state index contributed by atoms with van der Waals surface area (Å²) in [5.41, 5.74) is 0.806. The number of rotatable bonds is 7. The van der Waals surface area contributed by atoms with Gasteiger partial charge < -0.3 is 29.3 Å². The number of nitrogens with zero attached hydrogens (tertiary/aromatic N) is 1. The second-order valence-corrected chi connectivity index (χ2v) is 6.07. The fraction of sp³-hybridized carbons (Fsp3) is 0.533. The average molecular weight is 343 g/mol. The molecule has 1 saturated heterocycles. The number of thioether (sulfide) groups is 1. The van der Waals surface area contributed by atoms with Crippen molar-refractivity contribution in [3.8, 4) is 17.2 Å². The summed E-state index contributed by atoms with van der Waals surface area (Å²) in [6.07, 6.45) is -0.970. The molecule has 2 rings (SSSR count). The van der Waals surface area contributed by atoms with E-state index in [-0.39, 0.29) is 17.8 Å². The van der Waals surface area contributed by atoms with Crippen molar-refractivity contribution < 1.29 is 29.2 Å². The fourth-order valence-corrected chi connectivity index (χ4v) is 3.63. The zero-order valence-corrected chi connectivity index (χ0v) is 14.1. The molecule has 1 aromatic carbocycles. The molecule has 0 bridgehead atoms. The predicted octanol–water partition coefficient (Wildman–Crippen LogP) is 0.640. The van der Waals surface area contributed by atoms with Gasteiger partial charge >= 0.3 is 0 Å². The summed E-state index contributed by atoms with van der Waals surface area (Å²) < 4.78 is 16.0. The van der Waals surface area contributed by atoms with Gasteiger partial charge in [0.05, 0.1) is 46.3 Å². The van der Waals surface area contributed by atoms with E-state index < -0.39 is 12.7 Å². The van der Waals surface area contributed by atoms with Gasteiger partial charge in [0.15, 0.2) is 11.5 Å². The first-order valence-electron chi connectivity index (χ1n) is 7.05. The molecule has 1 aromatic rings. The van der Waals surface area contributed by atoms with Crippen LogP contribution in [-0.2, 0) is 4.79 Å². The van der Waals surface area contributed by atoms with Crippen LogP contribution >= 0.6 is 11.8 Å². The SMILES string of the molecule is COc1cc(C2SCC(=O)N2CC(O)CO)cc(OC)c1OC. The highest BCUT2D eigenvalue weighted by Gasteiger charge is 2.35. The summed E-state index contributed by atoms with van der Waals surface area (Å²) >= 11 is 1.45. The Morgan fingerprint density at radius 2 is 1.87 bits per heavy atom. The second kappa shape index (κ2) is 7.76. The molecule has 23 heavy (non-hydrogen) atoms. The van der Waals surface area contributed by atoms with Gasteiger partial charge in [-0.1, -0.05) is 0 Å². The molecule has 1 amide bonds. The summed E-state index contributed by atoms with van der Waals surface area (Å²) in [5.74, 6) is 1.73. The van der Waals surface area contributed by atoms with E-state index in [1.807, 2.05) is 0 Å². The van der Waals surface area contributed by atoms with Crippen LogP contribution < -0.4 is 14.2 Å². The van der Waals surface area contributed by atoms with Gasteiger partial charge in [-0.05, 0) is 17.7 Å². The predicted molar refractivity (Wildman–Crippen MR) is 86.1 cm³/mol. The Morgan fingerprint density at radius 1 is 1.26 bits per heavy atom. The zero-order chi connectivity index (χ0) is 17.0. The van der Waals surface area contributed by atoms with Crippen molar-refractivity contribution in [3.63, 3.8) is 0 Å². The summed E-state index contributed by atoms with van der Waals surface area (Å²) in [7, 11) is 4.58. The number of benzene rings is 1. The minimum absolute atomic E-state index is 0.0731. The van der Waals surface area contributed by atoms with Gasteiger partial charge in [0.1, 0.15) is 5.37 Å². The van der Waals surface area contributed by atoms with Crippen LogP contribution in [0.25, 0.3) is 0 Å². The number of ether oxygens (including phenoxy) is 3. The standard InChI is InChI=1S/C15H21NO6S/c1-20-11-4-9(5-12(21-2)14(11)22-3)15-16(6-10(18)7-17)13(19)8-23-15/h4-5,10,15,17-18H,6-8H2,1-3H3. The van der Waals surface area contributed by atoms with Crippen LogP contribution in [0.2, 0.25) is 0 Å². The summed E-state index contributed by atoms with van der Waals surface area (Å²) in [6.45, 7) is -0.319. The molecule has 128 valence electrons. The van der Waals surface area contributed by atoms with Gasteiger partial charge in [-0.3, -0.25) is 4.79 Å². The average Bonchev–Trinajstić information content (AvgIpc) is 2.93. The number of β-amino-alcohol motifs (C(OH)–C–C–N with tert-alkyl or cyclic N) is 1. The normalized spacial score (nSPS) is 18.9. The van der Waals surface area contributed by atoms with Crippen LogP contribution in [0.5, 0.6) is 17.2 Å². The van der Waals surface area contributed by atoms with E-state index in [1.54, 1.807) is 17.0 Å². The van der Waals surface area contributed by atoms with Crippen molar-refractivity contribution in [1.82, 2.24) is 4.90 Å². The topological polar surface area (TPSA) is 88.5 Å². The lowest BCUT2D eigenvalue weighted by Crippen LogP contribution is -2.37. The molecular formula is C15H21NO6S. The number of carbonyl (C=O) groups is 1. The van der Waals surface area contributed by atoms with E-state index in [0.29, 0.717) is 23.0 Å². The lowest BCUT2D eigenvalue weighted by atomic mass is 10.1. The van der Waals surface area contributed by atoms with Crippen molar-refractivity contribution in [2.75, 3.05) is 40.2 Å². The molecule has 0 saturated carbocycles. The van der Waals surface area contributed by atoms with Gasteiger partial charge in [0.2, 0.25) is 11.7 Å². The van der Waals surface area contributed by atoms with E-state index in [2.05, 4.69) is 0 Å². The Labute approximate surface area is 139 Å². The molecule has 1 heterocycles. The maximum atomic E-state index is 12.1. The third kappa shape index (κ3) is 3.65. The van der Waals surface area contributed by atoms with Gasteiger partial charge in [-0.25, -0.2) is 0 Å². The Morgan fingerprint density at radius 3 is 2.35 bits per heavy atom. The molecule has 1 aliphatic heterocycles. The highest BCUT2D eigenvalue weighted by atomic mass is 32.2. The van der Waals surface area contributed by atoms with Gasteiger partial charge in [0, 0.05) is 0 Å². The van der Waals surface area contributed by atoms with Crippen molar-refractivity contribution >= 4 is 17.7 Å². The van der Waals surface area contributed by atoms with Crippen LogP contribution in [-0.4, -0.2) is 67.4 Å². The summed E-state index contributed by atoms with van der Waals surface area (Å²) in [6, 6.07) is 3.58. The van der Waals surface area contributed by atoms with Gasteiger partial charge in [-0.2, -0.15) is 0 Å². The summed E-state index contributed by atoms with van der Waals surface area (Å²) in [4.78, 5) is 13.6. The monoisotopic (exact) mass is 343 g/mol. The second-order valence-electron chi connectivity index (χ2n) is 5.00. The largest absolute Gasteiger partial charge is 0.493 e. The Hall–Kier alpha value is -1.64. The van der Waals surface area contributed by atoms with E-state index >= 15 is 0 Å². The van der Waals surface area contributed by atoms with Crippen molar-refractivity contribution in [1.29, 1.82) is 0 Å². The van der Waals surface area contributed by atoms with E-state index in [0.717, 1.165) is 5.56 Å². The zero-order valence-electron chi connectivity index (χ0n) is 13.3. The number of hydrogen-bond donors (Lipinski definition) is 2. The number of aliphatic hydroxyl groups excluding tert-OH is 2. The molecule has 0 spiro atoms. The molecule has 7 nitrogen and oxygen atoms in total. The first-order valence-corrected chi connectivity index (χ1v) is 8.10. The Balaban J connectivity index is 2.37.